The first-order valence-corrected chi connectivity index (χ1v) is 5.36. The van der Waals surface area contributed by atoms with Gasteiger partial charge in [-0.05, 0) is 6.92 Å². The minimum absolute atomic E-state index is 0.156. The van der Waals surface area contributed by atoms with Gasteiger partial charge in [-0.15, -0.1) is 11.3 Å². The van der Waals surface area contributed by atoms with Crippen LogP contribution < -0.4 is 5.32 Å². The Hall–Kier alpha value is -0.980. The Balaban J connectivity index is 2.48. The Morgan fingerprint density at radius 2 is 2.40 bits per heavy atom. The van der Waals surface area contributed by atoms with E-state index >= 15 is 0 Å². The molecule has 5 nitrogen and oxygen atoms in total. The highest BCUT2D eigenvalue weighted by Crippen LogP contribution is 2.16. The minimum Gasteiger partial charge on any atom is -0.476 e. The molecule has 0 saturated carbocycles. The molecule has 84 valence electrons. The minimum atomic E-state index is -0.966. The maximum atomic E-state index is 10.7. The summed E-state index contributed by atoms with van der Waals surface area (Å²) in [5.41, 5.74) is 0.156. The van der Waals surface area contributed by atoms with Gasteiger partial charge in [0.2, 0.25) is 0 Å². The number of aromatic nitrogens is 1. The third-order valence-electron chi connectivity index (χ3n) is 1.80. The first-order valence-electron chi connectivity index (χ1n) is 4.54. The van der Waals surface area contributed by atoms with Crippen molar-refractivity contribution >= 4 is 17.3 Å². The van der Waals surface area contributed by atoms with Gasteiger partial charge in [-0.2, -0.15) is 0 Å². The van der Waals surface area contributed by atoms with Crippen molar-refractivity contribution in [2.45, 2.75) is 13.5 Å². The molecule has 0 saturated heterocycles. The highest BCUT2D eigenvalue weighted by Gasteiger charge is 2.13. The van der Waals surface area contributed by atoms with E-state index in [0.29, 0.717) is 13.2 Å². The lowest BCUT2D eigenvalue weighted by atomic mass is 10.4. The Bertz CT molecular complexity index is 338. The fourth-order valence-electron chi connectivity index (χ4n) is 1.09. The molecule has 6 heteroatoms. The molecular weight excluding hydrogens is 216 g/mol. The molecular formula is C9H14N2O3S. The molecule has 1 rings (SSSR count). The zero-order valence-corrected chi connectivity index (χ0v) is 9.56. The summed E-state index contributed by atoms with van der Waals surface area (Å²) in [6.07, 6.45) is 0. The Labute approximate surface area is 92.1 Å². The molecule has 0 spiro atoms. The third kappa shape index (κ3) is 3.58. The maximum absolute atomic E-state index is 10.7. The number of aryl methyl sites for hydroxylation is 1. The molecule has 1 aromatic rings. The highest BCUT2D eigenvalue weighted by atomic mass is 32.1. The van der Waals surface area contributed by atoms with Gasteiger partial charge in [-0.3, -0.25) is 0 Å². The summed E-state index contributed by atoms with van der Waals surface area (Å²) < 4.78 is 4.87. The lowest BCUT2D eigenvalue weighted by molar-refractivity contribution is 0.0690. The van der Waals surface area contributed by atoms with Crippen LogP contribution in [0.2, 0.25) is 0 Å². The van der Waals surface area contributed by atoms with Gasteiger partial charge >= 0.3 is 5.97 Å². The average molecular weight is 230 g/mol. The summed E-state index contributed by atoms with van der Waals surface area (Å²) in [4.78, 5) is 15.5. The topological polar surface area (TPSA) is 71.5 Å². The predicted molar refractivity (Wildman–Crippen MR) is 57.4 cm³/mol. The van der Waals surface area contributed by atoms with E-state index in [1.165, 1.54) is 11.3 Å². The van der Waals surface area contributed by atoms with Crippen molar-refractivity contribution in [2.24, 2.45) is 0 Å². The van der Waals surface area contributed by atoms with E-state index in [-0.39, 0.29) is 5.69 Å². The number of hydrogen-bond acceptors (Lipinski definition) is 5. The summed E-state index contributed by atoms with van der Waals surface area (Å²) in [6, 6.07) is 0. The van der Waals surface area contributed by atoms with Gasteiger partial charge < -0.3 is 15.2 Å². The van der Waals surface area contributed by atoms with Crippen molar-refractivity contribution in [3.8, 4) is 0 Å². The van der Waals surface area contributed by atoms with Crippen LogP contribution in [0.3, 0.4) is 0 Å². The zero-order chi connectivity index (χ0) is 11.3. The molecule has 15 heavy (non-hydrogen) atoms. The number of methoxy groups -OCH3 is 1. The Morgan fingerprint density at radius 1 is 1.67 bits per heavy atom. The van der Waals surface area contributed by atoms with E-state index in [1.807, 2.05) is 0 Å². The molecule has 1 heterocycles. The third-order valence-corrected chi connectivity index (χ3v) is 2.77. The Morgan fingerprint density at radius 3 is 2.93 bits per heavy atom. The van der Waals surface area contributed by atoms with E-state index in [4.69, 9.17) is 9.84 Å². The van der Waals surface area contributed by atoms with Crippen molar-refractivity contribution in [3.63, 3.8) is 0 Å². The standard InChI is InChI=1S/C9H14N2O3S/c1-6-8(9(12)13)11-7(15-6)5-10-3-4-14-2/h10H,3-5H2,1-2H3,(H,12,13). The first kappa shape index (κ1) is 12.1. The van der Waals surface area contributed by atoms with E-state index in [0.717, 1.165) is 16.4 Å². The number of carboxylic acids is 1. The Kier molecular flexibility index (Phi) is 4.67. The van der Waals surface area contributed by atoms with E-state index < -0.39 is 5.97 Å². The summed E-state index contributed by atoms with van der Waals surface area (Å²) in [5.74, 6) is -0.966. The highest BCUT2D eigenvalue weighted by molar-refractivity contribution is 7.11. The number of ether oxygens (including phenoxy) is 1. The van der Waals surface area contributed by atoms with Crippen LogP contribution in [0, 0.1) is 6.92 Å². The zero-order valence-electron chi connectivity index (χ0n) is 8.74. The molecule has 0 radical (unpaired) electrons. The average Bonchev–Trinajstić information content (AvgIpc) is 2.55. The van der Waals surface area contributed by atoms with Crippen LogP contribution in [0.5, 0.6) is 0 Å². The van der Waals surface area contributed by atoms with Gasteiger partial charge in [-0.1, -0.05) is 0 Å². The van der Waals surface area contributed by atoms with Crippen LogP contribution in [0.25, 0.3) is 0 Å². The quantitative estimate of drug-likeness (QED) is 0.710. The molecule has 0 amide bonds. The second kappa shape index (κ2) is 5.79. The van der Waals surface area contributed by atoms with Gasteiger partial charge in [0.25, 0.3) is 0 Å². The SMILES string of the molecule is COCCNCc1nc(C(=O)O)c(C)s1. The summed E-state index contributed by atoms with van der Waals surface area (Å²) in [6.45, 7) is 3.72. The number of thiazole rings is 1. The molecule has 2 N–H and O–H groups in total. The second-order valence-electron chi connectivity index (χ2n) is 2.99. The van der Waals surface area contributed by atoms with Crippen LogP contribution in [0.1, 0.15) is 20.4 Å². The number of nitrogens with one attached hydrogen (secondary N) is 1. The van der Waals surface area contributed by atoms with E-state index in [1.54, 1.807) is 14.0 Å². The van der Waals surface area contributed by atoms with Crippen LogP contribution in [-0.4, -0.2) is 36.3 Å². The number of carboxylic acid groups (broad SMARTS) is 1. The largest absolute Gasteiger partial charge is 0.476 e. The lowest BCUT2D eigenvalue weighted by Gasteiger charge is -1.99. The fourth-order valence-corrected chi connectivity index (χ4v) is 1.99. The van der Waals surface area contributed by atoms with Gasteiger partial charge in [0.15, 0.2) is 5.69 Å². The first-order chi connectivity index (χ1) is 7.15. The van der Waals surface area contributed by atoms with Crippen molar-refractivity contribution < 1.29 is 14.6 Å². The van der Waals surface area contributed by atoms with Crippen LogP contribution in [0.15, 0.2) is 0 Å². The fraction of sp³-hybridized carbons (Fsp3) is 0.556. The molecule has 0 aromatic carbocycles. The molecule has 0 unspecified atom stereocenters. The van der Waals surface area contributed by atoms with E-state index in [2.05, 4.69) is 10.3 Å². The smallest absolute Gasteiger partial charge is 0.355 e. The normalized spacial score (nSPS) is 10.5. The number of aromatic carboxylic acids is 1. The molecule has 0 bridgehead atoms. The number of carbonyl (C=O) groups is 1. The molecule has 0 aliphatic carbocycles. The molecule has 1 aromatic heterocycles. The monoisotopic (exact) mass is 230 g/mol. The van der Waals surface area contributed by atoms with Crippen molar-refractivity contribution in [1.29, 1.82) is 0 Å². The van der Waals surface area contributed by atoms with Crippen molar-refractivity contribution in [3.05, 3.63) is 15.6 Å². The van der Waals surface area contributed by atoms with Crippen LogP contribution in [-0.2, 0) is 11.3 Å². The van der Waals surface area contributed by atoms with E-state index in [9.17, 15) is 4.79 Å². The molecule has 0 atom stereocenters. The predicted octanol–water partition coefficient (Wildman–Crippen LogP) is 0.886. The van der Waals surface area contributed by atoms with Crippen molar-refractivity contribution in [2.75, 3.05) is 20.3 Å². The lowest BCUT2D eigenvalue weighted by Crippen LogP contribution is -2.18. The van der Waals surface area contributed by atoms with Gasteiger partial charge in [-0.25, -0.2) is 9.78 Å². The van der Waals surface area contributed by atoms with Gasteiger partial charge in [0, 0.05) is 25.1 Å². The number of hydrogen-bond donors (Lipinski definition) is 2. The summed E-state index contributed by atoms with van der Waals surface area (Å²) >= 11 is 1.41. The molecule has 0 aliphatic rings. The number of nitrogens with zero attached hydrogens (tertiary/aromatic N) is 1. The molecule has 0 fully saturated rings. The summed E-state index contributed by atoms with van der Waals surface area (Å²) in [5, 5.41) is 12.7. The maximum Gasteiger partial charge on any atom is 0.355 e. The molecule has 0 aliphatic heterocycles. The van der Waals surface area contributed by atoms with Crippen LogP contribution in [0.4, 0.5) is 0 Å². The summed E-state index contributed by atoms with van der Waals surface area (Å²) in [7, 11) is 1.64. The number of rotatable bonds is 6. The van der Waals surface area contributed by atoms with Gasteiger partial charge in [0.05, 0.1) is 6.61 Å². The van der Waals surface area contributed by atoms with Crippen LogP contribution >= 0.6 is 11.3 Å². The van der Waals surface area contributed by atoms with Crippen molar-refractivity contribution in [1.82, 2.24) is 10.3 Å². The van der Waals surface area contributed by atoms with Gasteiger partial charge in [0.1, 0.15) is 5.01 Å². The second-order valence-corrected chi connectivity index (χ2v) is 4.27.